The van der Waals surface area contributed by atoms with Crippen molar-refractivity contribution in [3.63, 3.8) is 0 Å². The molecule has 1 aromatic carbocycles. The van der Waals surface area contributed by atoms with E-state index in [9.17, 15) is 0 Å². The Hall–Kier alpha value is -1.02. The van der Waals surface area contributed by atoms with Crippen LogP contribution in [0.2, 0.25) is 0 Å². The monoisotopic (exact) mass is 205 g/mol. The van der Waals surface area contributed by atoms with Gasteiger partial charge in [0.1, 0.15) is 11.9 Å². The lowest BCUT2D eigenvalue weighted by atomic mass is 10.1. The number of ether oxygens (including phenoxy) is 1. The van der Waals surface area contributed by atoms with Gasteiger partial charge in [-0.05, 0) is 37.1 Å². The maximum atomic E-state index is 5.67. The van der Waals surface area contributed by atoms with Crippen LogP contribution in [0, 0.1) is 0 Å². The molecule has 0 bridgehead atoms. The molecule has 1 atom stereocenters. The summed E-state index contributed by atoms with van der Waals surface area (Å²) < 4.78 is 5.67. The lowest BCUT2D eigenvalue weighted by Crippen LogP contribution is -2.13. The van der Waals surface area contributed by atoms with Crippen LogP contribution in [0.15, 0.2) is 18.2 Å². The number of nitrogens with one attached hydrogen (secondary N) is 1. The maximum Gasteiger partial charge on any atom is 0.123 e. The SMILES string of the molecule is CCCNCc1ccc2c(c1)C[C@H](C)O2. The molecule has 1 aliphatic rings. The quantitative estimate of drug-likeness (QED) is 0.763. The summed E-state index contributed by atoms with van der Waals surface area (Å²) in [5, 5.41) is 3.41. The van der Waals surface area contributed by atoms with Crippen molar-refractivity contribution >= 4 is 0 Å². The summed E-state index contributed by atoms with van der Waals surface area (Å²) >= 11 is 0. The summed E-state index contributed by atoms with van der Waals surface area (Å²) in [4.78, 5) is 0. The number of benzene rings is 1. The molecule has 0 radical (unpaired) electrons. The van der Waals surface area contributed by atoms with Crippen LogP contribution >= 0.6 is 0 Å². The zero-order valence-corrected chi connectivity index (χ0v) is 9.55. The van der Waals surface area contributed by atoms with Gasteiger partial charge in [0.15, 0.2) is 0 Å². The first-order chi connectivity index (χ1) is 7.29. The molecule has 1 aliphatic heterocycles. The Morgan fingerprint density at radius 3 is 3.13 bits per heavy atom. The molecule has 0 aliphatic carbocycles. The van der Waals surface area contributed by atoms with Crippen LogP contribution in [0.25, 0.3) is 0 Å². The van der Waals surface area contributed by atoms with Gasteiger partial charge in [0.05, 0.1) is 0 Å². The standard InChI is InChI=1S/C13H19NO/c1-3-6-14-9-11-4-5-13-12(8-11)7-10(2)15-13/h4-5,8,10,14H,3,6-7,9H2,1-2H3/t10-/m0/s1. The number of fused-ring (bicyclic) bond motifs is 1. The predicted molar refractivity (Wildman–Crippen MR) is 62.2 cm³/mol. The molecule has 2 rings (SSSR count). The summed E-state index contributed by atoms with van der Waals surface area (Å²) in [6.45, 7) is 6.36. The van der Waals surface area contributed by atoms with Crippen LogP contribution in [-0.2, 0) is 13.0 Å². The summed E-state index contributed by atoms with van der Waals surface area (Å²) in [5.74, 6) is 1.07. The van der Waals surface area contributed by atoms with Gasteiger partial charge in [-0.2, -0.15) is 0 Å². The normalized spacial score (nSPS) is 18.7. The molecule has 1 heterocycles. The first kappa shape index (κ1) is 10.5. The lowest BCUT2D eigenvalue weighted by molar-refractivity contribution is 0.254. The molecule has 0 saturated heterocycles. The van der Waals surface area contributed by atoms with Crippen molar-refractivity contribution in [3.05, 3.63) is 29.3 Å². The number of hydrogen-bond donors (Lipinski definition) is 1. The van der Waals surface area contributed by atoms with Crippen LogP contribution in [0.1, 0.15) is 31.4 Å². The Kier molecular flexibility index (Phi) is 3.27. The van der Waals surface area contributed by atoms with E-state index in [-0.39, 0.29) is 0 Å². The van der Waals surface area contributed by atoms with E-state index in [1.54, 1.807) is 0 Å². The molecule has 2 nitrogen and oxygen atoms in total. The number of hydrogen-bond acceptors (Lipinski definition) is 2. The Morgan fingerprint density at radius 2 is 2.33 bits per heavy atom. The molecule has 82 valence electrons. The van der Waals surface area contributed by atoms with Crippen LogP contribution in [0.5, 0.6) is 5.75 Å². The Bertz CT molecular complexity index is 335. The van der Waals surface area contributed by atoms with Crippen molar-refractivity contribution in [2.45, 2.75) is 39.3 Å². The van der Waals surface area contributed by atoms with Gasteiger partial charge in [0, 0.05) is 13.0 Å². The van der Waals surface area contributed by atoms with Gasteiger partial charge in [-0.25, -0.2) is 0 Å². The van der Waals surface area contributed by atoms with Crippen LogP contribution in [-0.4, -0.2) is 12.6 Å². The van der Waals surface area contributed by atoms with E-state index in [0.29, 0.717) is 6.10 Å². The summed E-state index contributed by atoms with van der Waals surface area (Å²) in [7, 11) is 0. The van der Waals surface area contributed by atoms with Crippen molar-refractivity contribution < 1.29 is 4.74 Å². The minimum absolute atomic E-state index is 0.346. The van der Waals surface area contributed by atoms with Crippen molar-refractivity contribution in [2.75, 3.05) is 6.54 Å². The minimum atomic E-state index is 0.346. The van der Waals surface area contributed by atoms with E-state index in [1.165, 1.54) is 17.5 Å². The highest BCUT2D eigenvalue weighted by Crippen LogP contribution is 2.29. The average molecular weight is 205 g/mol. The molecule has 1 N–H and O–H groups in total. The molecule has 0 aromatic heterocycles. The Balaban J connectivity index is 2.00. The topological polar surface area (TPSA) is 21.3 Å². The first-order valence-corrected chi connectivity index (χ1v) is 5.78. The van der Waals surface area contributed by atoms with Gasteiger partial charge in [-0.15, -0.1) is 0 Å². The van der Waals surface area contributed by atoms with Crippen LogP contribution in [0.4, 0.5) is 0 Å². The zero-order valence-electron chi connectivity index (χ0n) is 9.55. The highest BCUT2D eigenvalue weighted by molar-refractivity contribution is 5.40. The molecule has 0 spiro atoms. The van der Waals surface area contributed by atoms with Gasteiger partial charge in [-0.1, -0.05) is 19.1 Å². The molecule has 0 amide bonds. The summed E-state index contributed by atoms with van der Waals surface area (Å²) in [6, 6.07) is 6.52. The Labute approximate surface area is 91.6 Å². The fraction of sp³-hybridized carbons (Fsp3) is 0.538. The molecule has 15 heavy (non-hydrogen) atoms. The predicted octanol–water partition coefficient (Wildman–Crippen LogP) is 2.51. The highest BCUT2D eigenvalue weighted by Gasteiger charge is 2.18. The first-order valence-electron chi connectivity index (χ1n) is 5.78. The van der Waals surface area contributed by atoms with Crippen LogP contribution in [0.3, 0.4) is 0 Å². The second-order valence-corrected chi connectivity index (χ2v) is 4.25. The van der Waals surface area contributed by atoms with E-state index >= 15 is 0 Å². The fourth-order valence-corrected chi connectivity index (χ4v) is 1.99. The highest BCUT2D eigenvalue weighted by atomic mass is 16.5. The van der Waals surface area contributed by atoms with Gasteiger partial charge in [-0.3, -0.25) is 0 Å². The lowest BCUT2D eigenvalue weighted by Gasteiger charge is -2.05. The van der Waals surface area contributed by atoms with E-state index in [0.717, 1.165) is 25.3 Å². The van der Waals surface area contributed by atoms with Crippen molar-refractivity contribution in [3.8, 4) is 5.75 Å². The Morgan fingerprint density at radius 1 is 1.47 bits per heavy atom. The molecule has 0 fully saturated rings. The van der Waals surface area contributed by atoms with Gasteiger partial charge < -0.3 is 10.1 Å². The molecular formula is C13H19NO. The summed E-state index contributed by atoms with van der Waals surface area (Å²) in [5.41, 5.74) is 2.72. The van der Waals surface area contributed by atoms with Gasteiger partial charge in [0.25, 0.3) is 0 Å². The van der Waals surface area contributed by atoms with E-state index in [4.69, 9.17) is 4.74 Å². The zero-order chi connectivity index (χ0) is 10.7. The fourth-order valence-electron chi connectivity index (χ4n) is 1.99. The summed E-state index contributed by atoms with van der Waals surface area (Å²) in [6.07, 6.45) is 2.58. The maximum absolute atomic E-state index is 5.67. The second kappa shape index (κ2) is 4.67. The molecule has 0 saturated carbocycles. The van der Waals surface area contributed by atoms with Gasteiger partial charge in [0.2, 0.25) is 0 Å². The van der Waals surface area contributed by atoms with E-state index < -0.39 is 0 Å². The van der Waals surface area contributed by atoms with Gasteiger partial charge >= 0.3 is 0 Å². The third-order valence-electron chi connectivity index (χ3n) is 2.72. The molecular weight excluding hydrogens is 186 g/mol. The van der Waals surface area contributed by atoms with Crippen molar-refractivity contribution in [1.29, 1.82) is 0 Å². The molecule has 0 unspecified atom stereocenters. The smallest absolute Gasteiger partial charge is 0.123 e. The molecule has 1 aromatic rings. The average Bonchev–Trinajstić information content (AvgIpc) is 2.57. The van der Waals surface area contributed by atoms with E-state index in [1.807, 2.05) is 0 Å². The number of rotatable bonds is 4. The van der Waals surface area contributed by atoms with Crippen molar-refractivity contribution in [1.82, 2.24) is 5.32 Å². The second-order valence-electron chi connectivity index (χ2n) is 4.25. The largest absolute Gasteiger partial charge is 0.490 e. The third-order valence-corrected chi connectivity index (χ3v) is 2.72. The van der Waals surface area contributed by atoms with E-state index in [2.05, 4.69) is 37.4 Å². The minimum Gasteiger partial charge on any atom is -0.490 e. The third kappa shape index (κ3) is 2.51. The molecule has 2 heteroatoms. The van der Waals surface area contributed by atoms with Crippen LogP contribution < -0.4 is 10.1 Å². The van der Waals surface area contributed by atoms with Crippen molar-refractivity contribution in [2.24, 2.45) is 0 Å².